The molecular weight excluding hydrogens is 298 g/mol. The van der Waals surface area contributed by atoms with E-state index < -0.39 is 0 Å². The molecule has 0 saturated carbocycles. The average molecular weight is 315 g/mol. The van der Waals surface area contributed by atoms with Crippen LogP contribution in [0.3, 0.4) is 0 Å². The molecule has 6 nitrogen and oxygen atoms in total. The largest absolute Gasteiger partial charge is 0.383 e. The number of benzene rings is 1. The van der Waals surface area contributed by atoms with Crippen LogP contribution in [0.4, 0.5) is 5.82 Å². The normalized spacial score (nSPS) is 11.1. The lowest BCUT2D eigenvalue weighted by molar-refractivity contribution is 0.188. The van der Waals surface area contributed by atoms with Gasteiger partial charge in [0.05, 0.1) is 12.9 Å². The SMILES string of the molecule is COCCn1cnc2c(N)nc(SCc3ccccc3)nc21. The summed E-state index contributed by atoms with van der Waals surface area (Å²) < 4.78 is 7.04. The minimum Gasteiger partial charge on any atom is -0.383 e. The predicted octanol–water partition coefficient (Wildman–Crippen LogP) is 2.35. The Bertz CT molecular complexity index is 759. The second kappa shape index (κ2) is 6.76. The monoisotopic (exact) mass is 315 g/mol. The Morgan fingerprint density at radius 1 is 1.23 bits per heavy atom. The predicted molar refractivity (Wildman–Crippen MR) is 87.6 cm³/mol. The van der Waals surface area contributed by atoms with Crippen LogP contribution in [0.15, 0.2) is 41.8 Å². The van der Waals surface area contributed by atoms with E-state index in [-0.39, 0.29) is 0 Å². The van der Waals surface area contributed by atoms with Crippen LogP contribution in [-0.2, 0) is 17.0 Å². The molecule has 0 atom stereocenters. The van der Waals surface area contributed by atoms with Crippen molar-refractivity contribution >= 4 is 28.7 Å². The molecule has 0 aliphatic carbocycles. The van der Waals surface area contributed by atoms with Gasteiger partial charge >= 0.3 is 0 Å². The van der Waals surface area contributed by atoms with Crippen molar-refractivity contribution in [1.29, 1.82) is 0 Å². The lowest BCUT2D eigenvalue weighted by Gasteiger charge is -2.05. The van der Waals surface area contributed by atoms with E-state index in [2.05, 4.69) is 27.1 Å². The summed E-state index contributed by atoms with van der Waals surface area (Å²) in [5.74, 6) is 1.22. The average Bonchev–Trinajstić information content (AvgIpc) is 2.95. The molecule has 3 rings (SSSR count). The van der Waals surface area contributed by atoms with Crippen molar-refractivity contribution in [3.8, 4) is 0 Å². The molecule has 0 unspecified atom stereocenters. The van der Waals surface area contributed by atoms with Gasteiger partial charge in [-0.25, -0.2) is 15.0 Å². The number of hydrogen-bond donors (Lipinski definition) is 1. The van der Waals surface area contributed by atoms with Crippen molar-refractivity contribution in [2.45, 2.75) is 17.5 Å². The van der Waals surface area contributed by atoms with Crippen LogP contribution in [0.2, 0.25) is 0 Å². The van der Waals surface area contributed by atoms with E-state index in [1.54, 1.807) is 25.2 Å². The van der Waals surface area contributed by atoms with E-state index >= 15 is 0 Å². The standard InChI is InChI=1S/C15H17N5OS/c1-21-8-7-20-10-17-12-13(16)18-15(19-14(12)20)22-9-11-5-3-2-4-6-11/h2-6,10H,7-9H2,1H3,(H2,16,18,19). The maximum atomic E-state index is 6.00. The number of rotatable bonds is 6. The number of nitrogens with two attached hydrogens (primary N) is 1. The number of fused-ring (bicyclic) bond motifs is 1. The molecule has 2 aromatic heterocycles. The van der Waals surface area contributed by atoms with Gasteiger partial charge in [-0.05, 0) is 5.56 Å². The molecule has 0 spiro atoms. The van der Waals surface area contributed by atoms with Crippen molar-refractivity contribution in [3.63, 3.8) is 0 Å². The van der Waals surface area contributed by atoms with Crippen LogP contribution < -0.4 is 5.73 Å². The summed E-state index contributed by atoms with van der Waals surface area (Å²) in [5, 5.41) is 0.660. The van der Waals surface area contributed by atoms with E-state index in [4.69, 9.17) is 10.5 Å². The lowest BCUT2D eigenvalue weighted by Crippen LogP contribution is -2.05. The maximum absolute atomic E-state index is 6.00. The Morgan fingerprint density at radius 2 is 2.05 bits per heavy atom. The van der Waals surface area contributed by atoms with Crippen LogP contribution in [0.1, 0.15) is 5.56 Å². The van der Waals surface area contributed by atoms with Crippen molar-refractivity contribution in [2.75, 3.05) is 19.5 Å². The highest BCUT2D eigenvalue weighted by Crippen LogP contribution is 2.24. The van der Waals surface area contributed by atoms with E-state index in [1.165, 1.54) is 5.56 Å². The van der Waals surface area contributed by atoms with Crippen molar-refractivity contribution < 1.29 is 4.74 Å². The molecule has 1 aromatic carbocycles. The second-order valence-corrected chi connectivity index (χ2v) is 5.71. The van der Waals surface area contributed by atoms with Crippen LogP contribution in [0.25, 0.3) is 11.2 Å². The molecule has 2 N–H and O–H groups in total. The topological polar surface area (TPSA) is 78.9 Å². The fourth-order valence-electron chi connectivity index (χ4n) is 2.09. The van der Waals surface area contributed by atoms with Gasteiger partial charge in [-0.15, -0.1) is 0 Å². The number of aromatic nitrogens is 4. The lowest BCUT2D eigenvalue weighted by atomic mass is 10.2. The molecule has 3 aromatic rings. The minimum atomic E-state index is 0.414. The van der Waals surface area contributed by atoms with Gasteiger partial charge in [0.1, 0.15) is 5.52 Å². The zero-order chi connectivity index (χ0) is 15.4. The quantitative estimate of drug-likeness (QED) is 0.555. The number of methoxy groups -OCH3 is 1. The first-order valence-electron chi connectivity index (χ1n) is 6.92. The number of hydrogen-bond acceptors (Lipinski definition) is 6. The summed E-state index contributed by atoms with van der Waals surface area (Å²) in [6, 6.07) is 10.2. The Morgan fingerprint density at radius 3 is 2.82 bits per heavy atom. The molecule has 0 amide bonds. The van der Waals surface area contributed by atoms with Crippen molar-refractivity contribution in [3.05, 3.63) is 42.2 Å². The summed E-state index contributed by atoms with van der Waals surface area (Å²) in [5.41, 5.74) is 8.61. The molecule has 7 heteroatoms. The first-order chi connectivity index (χ1) is 10.8. The highest BCUT2D eigenvalue weighted by atomic mass is 32.2. The van der Waals surface area contributed by atoms with Gasteiger partial charge in [0.2, 0.25) is 0 Å². The van der Waals surface area contributed by atoms with Crippen LogP contribution in [0, 0.1) is 0 Å². The Hall–Kier alpha value is -2.12. The summed E-state index contributed by atoms with van der Waals surface area (Å²) in [7, 11) is 1.67. The molecule has 0 aliphatic heterocycles. The summed E-state index contributed by atoms with van der Waals surface area (Å²) in [6.45, 7) is 1.29. The number of ether oxygens (including phenoxy) is 1. The number of nitrogen functional groups attached to an aromatic ring is 1. The molecule has 2 heterocycles. The van der Waals surface area contributed by atoms with E-state index in [0.29, 0.717) is 29.6 Å². The van der Waals surface area contributed by atoms with Crippen LogP contribution >= 0.6 is 11.8 Å². The van der Waals surface area contributed by atoms with Gasteiger partial charge in [-0.2, -0.15) is 0 Å². The van der Waals surface area contributed by atoms with Gasteiger partial charge in [0.15, 0.2) is 16.6 Å². The third-order valence-electron chi connectivity index (χ3n) is 3.22. The number of imidazole rings is 1. The summed E-state index contributed by atoms with van der Waals surface area (Å²) in [6.07, 6.45) is 1.72. The van der Waals surface area contributed by atoms with E-state index in [9.17, 15) is 0 Å². The molecule has 0 saturated heterocycles. The van der Waals surface area contributed by atoms with Crippen molar-refractivity contribution in [2.24, 2.45) is 0 Å². The van der Waals surface area contributed by atoms with E-state index in [0.717, 1.165) is 11.4 Å². The molecule has 0 bridgehead atoms. The molecular formula is C15H17N5OS. The third-order valence-corrected chi connectivity index (χ3v) is 4.14. The maximum Gasteiger partial charge on any atom is 0.191 e. The smallest absolute Gasteiger partial charge is 0.191 e. The van der Waals surface area contributed by atoms with Gasteiger partial charge < -0.3 is 15.0 Å². The summed E-state index contributed by atoms with van der Waals surface area (Å²) >= 11 is 1.56. The molecule has 0 fully saturated rings. The second-order valence-electron chi connectivity index (χ2n) is 4.77. The molecule has 114 valence electrons. The number of thioether (sulfide) groups is 1. The van der Waals surface area contributed by atoms with Crippen LogP contribution in [0.5, 0.6) is 0 Å². The van der Waals surface area contributed by atoms with Crippen molar-refractivity contribution in [1.82, 2.24) is 19.5 Å². The highest BCUT2D eigenvalue weighted by molar-refractivity contribution is 7.98. The Kier molecular flexibility index (Phi) is 4.55. The minimum absolute atomic E-state index is 0.414. The van der Waals surface area contributed by atoms with Gasteiger partial charge in [-0.3, -0.25) is 0 Å². The van der Waals surface area contributed by atoms with Gasteiger partial charge in [0, 0.05) is 19.4 Å². The first-order valence-corrected chi connectivity index (χ1v) is 7.90. The highest BCUT2D eigenvalue weighted by Gasteiger charge is 2.11. The Balaban J connectivity index is 1.83. The molecule has 0 aliphatic rings. The Labute approximate surface area is 132 Å². The fourth-order valence-corrected chi connectivity index (χ4v) is 2.89. The third kappa shape index (κ3) is 3.20. The summed E-state index contributed by atoms with van der Waals surface area (Å²) in [4.78, 5) is 13.2. The first kappa shape index (κ1) is 14.8. The van der Waals surface area contributed by atoms with Gasteiger partial charge in [-0.1, -0.05) is 42.1 Å². The zero-order valence-corrected chi connectivity index (χ0v) is 13.1. The van der Waals surface area contributed by atoms with Crippen LogP contribution in [-0.4, -0.2) is 33.2 Å². The zero-order valence-electron chi connectivity index (χ0n) is 12.3. The number of anilines is 1. The fraction of sp³-hybridized carbons (Fsp3) is 0.267. The molecule has 22 heavy (non-hydrogen) atoms. The van der Waals surface area contributed by atoms with Gasteiger partial charge in [0.25, 0.3) is 0 Å². The molecule has 0 radical (unpaired) electrons. The number of nitrogens with zero attached hydrogens (tertiary/aromatic N) is 4. The van der Waals surface area contributed by atoms with E-state index in [1.807, 2.05) is 22.8 Å².